The predicted octanol–water partition coefficient (Wildman–Crippen LogP) is 3.18. The number of aryl methyl sites for hydroxylation is 2. The molecule has 4 rings (SSSR count). The predicted molar refractivity (Wildman–Crippen MR) is 97.5 cm³/mol. The van der Waals surface area contributed by atoms with Crippen molar-refractivity contribution in [3.05, 3.63) is 47.7 Å². The number of hydrogen-bond donors (Lipinski definition) is 1. The second-order valence-corrected chi connectivity index (χ2v) is 6.52. The number of ether oxygens (including phenoxy) is 1. The smallest absolute Gasteiger partial charge is 0.160 e. The number of hydrogen-bond acceptors (Lipinski definition) is 4. The standard InChI is InChI=1S/C19H21FN4O/c1-12-7-16(20)17(21)9-15(12)14-8-18(23-3-5-25-6-4-23)19-22-13(2)10-24(19)11-14/h7-11H,3-6,21H2,1-2H3. The van der Waals surface area contributed by atoms with E-state index in [-0.39, 0.29) is 11.5 Å². The van der Waals surface area contributed by atoms with Crippen LogP contribution in [0.15, 0.2) is 30.6 Å². The molecular weight excluding hydrogens is 319 g/mol. The van der Waals surface area contributed by atoms with E-state index in [1.54, 1.807) is 6.07 Å². The van der Waals surface area contributed by atoms with Gasteiger partial charge in [-0.3, -0.25) is 0 Å². The van der Waals surface area contributed by atoms with Crippen molar-refractivity contribution in [2.75, 3.05) is 36.9 Å². The molecule has 1 aliphatic rings. The fourth-order valence-corrected chi connectivity index (χ4v) is 3.39. The van der Waals surface area contributed by atoms with Crippen LogP contribution in [-0.2, 0) is 4.74 Å². The number of halogens is 1. The van der Waals surface area contributed by atoms with E-state index in [1.165, 1.54) is 6.07 Å². The molecular formula is C19H21FN4O. The van der Waals surface area contributed by atoms with Gasteiger partial charge >= 0.3 is 0 Å². The van der Waals surface area contributed by atoms with Crippen LogP contribution in [0.5, 0.6) is 0 Å². The van der Waals surface area contributed by atoms with Gasteiger partial charge in [-0.25, -0.2) is 9.37 Å². The topological polar surface area (TPSA) is 55.8 Å². The lowest BCUT2D eigenvalue weighted by Crippen LogP contribution is -2.36. The van der Waals surface area contributed by atoms with E-state index in [2.05, 4.69) is 16.0 Å². The molecule has 0 saturated carbocycles. The highest BCUT2D eigenvalue weighted by molar-refractivity contribution is 5.80. The summed E-state index contributed by atoms with van der Waals surface area (Å²) in [5, 5.41) is 0. The first-order valence-electron chi connectivity index (χ1n) is 8.41. The van der Waals surface area contributed by atoms with Gasteiger partial charge in [-0.1, -0.05) is 0 Å². The van der Waals surface area contributed by atoms with Crippen molar-refractivity contribution in [2.45, 2.75) is 13.8 Å². The molecule has 0 unspecified atom stereocenters. The van der Waals surface area contributed by atoms with Crippen LogP contribution >= 0.6 is 0 Å². The van der Waals surface area contributed by atoms with E-state index in [1.807, 2.05) is 30.6 Å². The Morgan fingerprint density at radius 1 is 1.12 bits per heavy atom. The fraction of sp³-hybridized carbons (Fsp3) is 0.316. The Balaban J connectivity index is 1.92. The summed E-state index contributed by atoms with van der Waals surface area (Å²) in [4.78, 5) is 6.96. The van der Waals surface area contributed by atoms with E-state index in [0.29, 0.717) is 13.2 Å². The zero-order valence-corrected chi connectivity index (χ0v) is 14.4. The Morgan fingerprint density at radius 3 is 2.64 bits per heavy atom. The zero-order valence-electron chi connectivity index (χ0n) is 14.4. The van der Waals surface area contributed by atoms with E-state index in [0.717, 1.165) is 46.8 Å². The number of pyridine rings is 1. The normalized spacial score (nSPS) is 15.1. The summed E-state index contributed by atoms with van der Waals surface area (Å²) >= 11 is 0. The van der Waals surface area contributed by atoms with Crippen molar-refractivity contribution in [3.63, 3.8) is 0 Å². The fourth-order valence-electron chi connectivity index (χ4n) is 3.39. The number of aromatic nitrogens is 2. The van der Waals surface area contributed by atoms with Crippen molar-refractivity contribution in [1.29, 1.82) is 0 Å². The molecule has 0 amide bonds. The van der Waals surface area contributed by atoms with E-state index >= 15 is 0 Å². The first-order valence-corrected chi connectivity index (χ1v) is 8.41. The number of benzene rings is 1. The van der Waals surface area contributed by atoms with Gasteiger partial charge in [-0.05, 0) is 43.2 Å². The highest BCUT2D eigenvalue weighted by Gasteiger charge is 2.18. The van der Waals surface area contributed by atoms with E-state index in [9.17, 15) is 4.39 Å². The third-order valence-corrected chi connectivity index (χ3v) is 4.66. The maximum absolute atomic E-state index is 13.7. The average Bonchev–Trinajstić information content (AvgIpc) is 2.98. The van der Waals surface area contributed by atoms with Crippen molar-refractivity contribution < 1.29 is 9.13 Å². The summed E-state index contributed by atoms with van der Waals surface area (Å²) < 4.78 is 21.2. The number of imidazole rings is 1. The minimum Gasteiger partial charge on any atom is -0.396 e. The zero-order chi connectivity index (χ0) is 17.6. The van der Waals surface area contributed by atoms with Gasteiger partial charge in [-0.15, -0.1) is 0 Å². The van der Waals surface area contributed by atoms with Crippen LogP contribution < -0.4 is 10.6 Å². The summed E-state index contributed by atoms with van der Waals surface area (Å²) in [6.07, 6.45) is 4.03. The number of nitrogens with two attached hydrogens (primary N) is 1. The molecule has 3 heterocycles. The molecule has 25 heavy (non-hydrogen) atoms. The van der Waals surface area contributed by atoms with E-state index < -0.39 is 0 Å². The Hall–Kier alpha value is -2.60. The molecule has 1 aromatic carbocycles. The highest BCUT2D eigenvalue weighted by Crippen LogP contribution is 2.32. The SMILES string of the molecule is Cc1cn2cc(-c3cc(N)c(F)cc3C)cc(N3CCOCC3)c2n1. The van der Waals surface area contributed by atoms with Crippen molar-refractivity contribution in [3.8, 4) is 11.1 Å². The number of morpholine rings is 1. The molecule has 2 aromatic heterocycles. The Morgan fingerprint density at radius 2 is 1.88 bits per heavy atom. The maximum atomic E-state index is 13.7. The van der Waals surface area contributed by atoms with Crippen LogP contribution in [0.3, 0.4) is 0 Å². The lowest BCUT2D eigenvalue weighted by molar-refractivity contribution is 0.123. The molecule has 1 aliphatic heterocycles. The first-order chi connectivity index (χ1) is 12.0. The monoisotopic (exact) mass is 340 g/mol. The lowest BCUT2D eigenvalue weighted by Gasteiger charge is -2.29. The average molecular weight is 340 g/mol. The van der Waals surface area contributed by atoms with Crippen LogP contribution in [0.2, 0.25) is 0 Å². The van der Waals surface area contributed by atoms with Crippen molar-refractivity contribution in [2.24, 2.45) is 0 Å². The summed E-state index contributed by atoms with van der Waals surface area (Å²) in [5.41, 5.74) is 11.7. The number of rotatable bonds is 2. The summed E-state index contributed by atoms with van der Waals surface area (Å²) in [6, 6.07) is 5.31. The molecule has 0 spiro atoms. The van der Waals surface area contributed by atoms with E-state index in [4.69, 9.17) is 10.5 Å². The third kappa shape index (κ3) is 2.82. The molecule has 0 bridgehead atoms. The number of fused-ring (bicyclic) bond motifs is 1. The minimum absolute atomic E-state index is 0.162. The number of nitrogen functional groups attached to an aromatic ring is 1. The Labute approximate surface area is 145 Å². The van der Waals surface area contributed by atoms with Crippen molar-refractivity contribution in [1.82, 2.24) is 9.38 Å². The molecule has 0 radical (unpaired) electrons. The maximum Gasteiger partial charge on any atom is 0.160 e. The Bertz CT molecular complexity index is 944. The molecule has 2 N–H and O–H groups in total. The third-order valence-electron chi connectivity index (χ3n) is 4.66. The highest BCUT2D eigenvalue weighted by atomic mass is 19.1. The van der Waals surface area contributed by atoms with Gasteiger partial charge in [-0.2, -0.15) is 0 Å². The van der Waals surface area contributed by atoms with Gasteiger partial charge in [0.1, 0.15) is 5.82 Å². The van der Waals surface area contributed by atoms with Crippen LogP contribution in [0.4, 0.5) is 15.8 Å². The van der Waals surface area contributed by atoms with Crippen molar-refractivity contribution >= 4 is 17.0 Å². The van der Waals surface area contributed by atoms with Crippen LogP contribution in [0.25, 0.3) is 16.8 Å². The van der Waals surface area contributed by atoms with Gasteiger partial charge in [0.15, 0.2) is 5.65 Å². The molecule has 1 fully saturated rings. The van der Waals surface area contributed by atoms with Crippen LogP contribution in [0, 0.1) is 19.7 Å². The molecule has 130 valence electrons. The summed E-state index contributed by atoms with van der Waals surface area (Å²) in [5.74, 6) is -0.380. The van der Waals surface area contributed by atoms with Gasteiger partial charge in [0.05, 0.1) is 30.3 Å². The molecule has 5 nitrogen and oxygen atoms in total. The minimum atomic E-state index is -0.380. The first kappa shape index (κ1) is 15.9. The summed E-state index contributed by atoms with van der Waals surface area (Å²) in [6.45, 7) is 6.95. The number of anilines is 2. The van der Waals surface area contributed by atoms with Gasteiger partial charge in [0.25, 0.3) is 0 Å². The van der Waals surface area contributed by atoms with Gasteiger partial charge in [0.2, 0.25) is 0 Å². The number of nitrogens with zero attached hydrogens (tertiary/aromatic N) is 3. The van der Waals surface area contributed by atoms with Crippen LogP contribution in [-0.4, -0.2) is 35.7 Å². The van der Waals surface area contributed by atoms with Gasteiger partial charge < -0.3 is 19.8 Å². The Kier molecular flexibility index (Phi) is 3.84. The second-order valence-electron chi connectivity index (χ2n) is 6.52. The van der Waals surface area contributed by atoms with Gasteiger partial charge in [0, 0.05) is 31.0 Å². The lowest BCUT2D eigenvalue weighted by atomic mass is 10.0. The summed E-state index contributed by atoms with van der Waals surface area (Å²) in [7, 11) is 0. The molecule has 3 aromatic rings. The molecule has 1 saturated heterocycles. The largest absolute Gasteiger partial charge is 0.396 e. The molecule has 6 heteroatoms. The quantitative estimate of drug-likeness (QED) is 0.728. The molecule has 0 aliphatic carbocycles. The second kappa shape index (κ2) is 6.04. The molecule has 0 atom stereocenters. The van der Waals surface area contributed by atoms with Crippen LogP contribution in [0.1, 0.15) is 11.3 Å².